The number of carbonyl (C=O) groups is 1. The summed E-state index contributed by atoms with van der Waals surface area (Å²) < 4.78 is 1.95. The molecule has 0 atom stereocenters. The quantitative estimate of drug-likeness (QED) is 0.768. The maximum Gasteiger partial charge on any atom is 0.303 e. The van der Waals surface area contributed by atoms with Crippen molar-refractivity contribution in [3.63, 3.8) is 0 Å². The van der Waals surface area contributed by atoms with Gasteiger partial charge in [0.15, 0.2) is 11.5 Å². The number of rotatable bonds is 3. The van der Waals surface area contributed by atoms with Crippen LogP contribution in [0, 0.1) is 0 Å². The average molecular weight is 256 g/mol. The molecule has 0 bridgehead atoms. The largest absolute Gasteiger partial charge is 0.481 e. The van der Waals surface area contributed by atoms with Gasteiger partial charge in [0, 0.05) is 18.9 Å². The molecule has 0 aliphatic carbocycles. The Morgan fingerprint density at radius 2 is 2.11 bits per heavy atom. The van der Waals surface area contributed by atoms with Gasteiger partial charge in [0.05, 0.1) is 11.9 Å². The van der Waals surface area contributed by atoms with E-state index in [9.17, 15) is 4.79 Å². The standard InChI is InChI=1S/C13H12N4O2/c1-17-9-5-3-2-4-8(9)12-13(17)14-10(15-16-12)6-7-11(18)19/h2-5H,6-7H2,1H3,(H,18,19). The van der Waals surface area contributed by atoms with Gasteiger partial charge in [-0.05, 0) is 6.07 Å². The molecule has 19 heavy (non-hydrogen) atoms. The lowest BCUT2D eigenvalue weighted by atomic mass is 10.2. The highest BCUT2D eigenvalue weighted by molar-refractivity contribution is 6.03. The predicted molar refractivity (Wildman–Crippen MR) is 69.8 cm³/mol. The lowest BCUT2D eigenvalue weighted by molar-refractivity contribution is -0.137. The molecule has 0 aliphatic rings. The summed E-state index contributed by atoms with van der Waals surface area (Å²) in [6, 6.07) is 7.88. The molecule has 0 radical (unpaired) electrons. The highest BCUT2D eigenvalue weighted by atomic mass is 16.4. The summed E-state index contributed by atoms with van der Waals surface area (Å²) in [4.78, 5) is 15.0. The van der Waals surface area contributed by atoms with Crippen LogP contribution in [0.15, 0.2) is 24.3 Å². The first-order chi connectivity index (χ1) is 9.16. The molecule has 2 heterocycles. The molecule has 0 spiro atoms. The summed E-state index contributed by atoms with van der Waals surface area (Å²) in [5.41, 5.74) is 2.52. The number of benzene rings is 1. The smallest absolute Gasteiger partial charge is 0.303 e. The van der Waals surface area contributed by atoms with Crippen LogP contribution in [0.25, 0.3) is 22.1 Å². The maximum atomic E-state index is 10.6. The summed E-state index contributed by atoms with van der Waals surface area (Å²) in [6.07, 6.45) is 0.303. The van der Waals surface area contributed by atoms with Crippen molar-refractivity contribution in [1.29, 1.82) is 0 Å². The van der Waals surface area contributed by atoms with E-state index in [4.69, 9.17) is 5.11 Å². The van der Waals surface area contributed by atoms with Crippen LogP contribution < -0.4 is 0 Å². The number of hydrogen-bond acceptors (Lipinski definition) is 4. The van der Waals surface area contributed by atoms with Crippen LogP contribution in [0.5, 0.6) is 0 Å². The molecule has 0 aliphatic heterocycles. The van der Waals surface area contributed by atoms with Crippen molar-refractivity contribution in [3.05, 3.63) is 30.1 Å². The second-order valence-corrected chi connectivity index (χ2v) is 4.37. The summed E-state index contributed by atoms with van der Waals surface area (Å²) in [7, 11) is 1.92. The van der Waals surface area contributed by atoms with Gasteiger partial charge < -0.3 is 9.67 Å². The van der Waals surface area contributed by atoms with Gasteiger partial charge >= 0.3 is 5.97 Å². The van der Waals surface area contributed by atoms with E-state index in [1.165, 1.54) is 0 Å². The normalized spacial score (nSPS) is 11.2. The van der Waals surface area contributed by atoms with Crippen LogP contribution in [0.4, 0.5) is 0 Å². The molecular weight excluding hydrogens is 244 g/mol. The number of aromatic nitrogens is 4. The Bertz CT molecular complexity index is 779. The van der Waals surface area contributed by atoms with Crippen LogP contribution >= 0.6 is 0 Å². The number of nitrogens with zero attached hydrogens (tertiary/aromatic N) is 4. The third-order valence-corrected chi connectivity index (χ3v) is 3.11. The van der Waals surface area contributed by atoms with E-state index in [2.05, 4.69) is 15.2 Å². The van der Waals surface area contributed by atoms with Gasteiger partial charge in [-0.25, -0.2) is 4.98 Å². The minimum absolute atomic E-state index is 0.0110. The lowest BCUT2D eigenvalue weighted by Crippen LogP contribution is -2.04. The molecule has 6 heteroatoms. The van der Waals surface area contributed by atoms with Crippen molar-refractivity contribution in [2.75, 3.05) is 0 Å². The van der Waals surface area contributed by atoms with Crippen molar-refractivity contribution < 1.29 is 9.90 Å². The van der Waals surface area contributed by atoms with Crippen LogP contribution in [0.2, 0.25) is 0 Å². The highest BCUT2D eigenvalue weighted by Crippen LogP contribution is 2.24. The number of para-hydroxylation sites is 1. The van der Waals surface area contributed by atoms with Crippen LogP contribution in [0.3, 0.4) is 0 Å². The van der Waals surface area contributed by atoms with Gasteiger partial charge in [0.1, 0.15) is 5.52 Å². The van der Waals surface area contributed by atoms with Gasteiger partial charge in [-0.15, -0.1) is 10.2 Å². The van der Waals surface area contributed by atoms with E-state index >= 15 is 0 Å². The Balaban J connectivity index is 2.15. The van der Waals surface area contributed by atoms with Crippen molar-refractivity contribution in [1.82, 2.24) is 19.7 Å². The van der Waals surface area contributed by atoms with Gasteiger partial charge in [-0.3, -0.25) is 4.79 Å². The molecular formula is C13H12N4O2. The van der Waals surface area contributed by atoms with E-state index in [0.717, 1.165) is 22.1 Å². The van der Waals surface area contributed by atoms with Crippen molar-refractivity contribution in [2.45, 2.75) is 12.8 Å². The minimum atomic E-state index is -0.860. The lowest BCUT2D eigenvalue weighted by Gasteiger charge is -1.98. The molecule has 0 saturated heterocycles. The first-order valence-electron chi connectivity index (χ1n) is 5.95. The number of carboxylic acid groups (broad SMARTS) is 1. The molecule has 2 aromatic heterocycles. The van der Waals surface area contributed by atoms with Crippen molar-refractivity contribution in [2.24, 2.45) is 7.05 Å². The second kappa shape index (κ2) is 4.31. The van der Waals surface area contributed by atoms with E-state index in [0.29, 0.717) is 12.2 Å². The average Bonchev–Trinajstić information content (AvgIpc) is 2.71. The van der Waals surface area contributed by atoms with E-state index < -0.39 is 5.97 Å². The number of fused-ring (bicyclic) bond motifs is 3. The molecule has 0 fully saturated rings. The Hall–Kier alpha value is -2.50. The number of aryl methyl sites for hydroxylation is 2. The van der Waals surface area contributed by atoms with Gasteiger partial charge in [0.25, 0.3) is 0 Å². The van der Waals surface area contributed by atoms with Gasteiger partial charge in [0.2, 0.25) is 0 Å². The van der Waals surface area contributed by atoms with E-state index in [1.54, 1.807) is 0 Å². The van der Waals surface area contributed by atoms with Crippen LogP contribution in [-0.2, 0) is 18.3 Å². The molecule has 6 nitrogen and oxygen atoms in total. The Morgan fingerprint density at radius 1 is 1.32 bits per heavy atom. The topological polar surface area (TPSA) is 80.9 Å². The third kappa shape index (κ3) is 1.91. The zero-order valence-electron chi connectivity index (χ0n) is 10.4. The first-order valence-corrected chi connectivity index (χ1v) is 5.95. The fourth-order valence-corrected chi connectivity index (χ4v) is 2.16. The first kappa shape index (κ1) is 11.6. The molecule has 0 unspecified atom stereocenters. The number of hydrogen-bond donors (Lipinski definition) is 1. The second-order valence-electron chi connectivity index (χ2n) is 4.37. The molecule has 3 rings (SSSR count). The van der Waals surface area contributed by atoms with Crippen LogP contribution in [0.1, 0.15) is 12.2 Å². The summed E-state index contributed by atoms with van der Waals surface area (Å²) in [5, 5.41) is 17.9. The molecule has 0 amide bonds. The number of carboxylic acids is 1. The van der Waals surface area contributed by atoms with Crippen molar-refractivity contribution in [3.8, 4) is 0 Å². The van der Waals surface area contributed by atoms with Gasteiger partial charge in [-0.1, -0.05) is 18.2 Å². The van der Waals surface area contributed by atoms with Crippen LogP contribution in [-0.4, -0.2) is 30.8 Å². The van der Waals surface area contributed by atoms with Gasteiger partial charge in [-0.2, -0.15) is 0 Å². The fraction of sp³-hybridized carbons (Fsp3) is 0.231. The molecule has 96 valence electrons. The predicted octanol–water partition coefficient (Wildman–Crippen LogP) is 1.53. The zero-order valence-corrected chi connectivity index (χ0v) is 10.4. The monoisotopic (exact) mass is 256 g/mol. The SMILES string of the molecule is Cn1c2ccccc2c2nnc(CCC(=O)O)nc21. The summed E-state index contributed by atoms with van der Waals surface area (Å²) in [6.45, 7) is 0. The van der Waals surface area contributed by atoms with E-state index in [1.807, 2.05) is 35.9 Å². The maximum absolute atomic E-state index is 10.6. The minimum Gasteiger partial charge on any atom is -0.481 e. The molecule has 0 saturated carbocycles. The van der Waals surface area contributed by atoms with E-state index in [-0.39, 0.29) is 6.42 Å². The fourth-order valence-electron chi connectivity index (χ4n) is 2.16. The third-order valence-electron chi connectivity index (χ3n) is 3.11. The Labute approximate surface area is 108 Å². The number of aliphatic carboxylic acids is 1. The molecule has 1 aromatic carbocycles. The Morgan fingerprint density at radius 3 is 2.89 bits per heavy atom. The van der Waals surface area contributed by atoms with Crippen molar-refractivity contribution >= 4 is 28.0 Å². The zero-order chi connectivity index (χ0) is 13.4. The summed E-state index contributed by atoms with van der Waals surface area (Å²) in [5.74, 6) is -0.401. The Kier molecular flexibility index (Phi) is 2.63. The molecule has 1 N–H and O–H groups in total. The summed E-state index contributed by atoms with van der Waals surface area (Å²) >= 11 is 0. The molecule has 3 aromatic rings. The highest BCUT2D eigenvalue weighted by Gasteiger charge is 2.12.